The third kappa shape index (κ3) is 15.4. The molecule has 0 fully saturated rings. The topological polar surface area (TPSA) is 118 Å². The van der Waals surface area contributed by atoms with Crippen molar-refractivity contribution < 1.29 is 12.6 Å². The summed E-state index contributed by atoms with van der Waals surface area (Å²) in [7, 11) is -2.93. The van der Waals surface area contributed by atoms with Gasteiger partial charge < -0.3 is 0 Å². The number of rotatable bonds is 8. The molecular formula is C36H69N7O3S5. The van der Waals surface area contributed by atoms with Crippen molar-refractivity contribution in [1.29, 1.82) is 0 Å². The molecule has 4 aromatic rings. The molecule has 4 heterocycles. The first-order valence-electron chi connectivity index (χ1n) is 15.7. The van der Waals surface area contributed by atoms with Crippen LogP contribution in [0.2, 0.25) is 0 Å². The van der Waals surface area contributed by atoms with Crippen LogP contribution in [-0.2, 0) is 32.8 Å². The summed E-state index contributed by atoms with van der Waals surface area (Å²) in [5, 5.41) is 4.25. The molecule has 15 heteroatoms. The van der Waals surface area contributed by atoms with E-state index < -0.39 is 32.8 Å². The first kappa shape index (κ1) is 53.3. The van der Waals surface area contributed by atoms with Crippen LogP contribution in [0.4, 0.5) is 0 Å². The highest BCUT2D eigenvalue weighted by Gasteiger charge is 2.16. The maximum absolute atomic E-state index is 11.3. The number of hydrogen-bond acceptors (Lipinski definition) is 8. The molecule has 0 bridgehead atoms. The normalized spacial score (nSPS) is 12.9. The number of hydrogen-bond donors (Lipinski definition) is 0. The quantitative estimate of drug-likeness (QED) is 0.163. The molecule has 0 spiro atoms. The summed E-state index contributed by atoms with van der Waals surface area (Å²) in [6, 6.07) is 0. The van der Waals surface area contributed by atoms with E-state index in [1.165, 1.54) is 21.8 Å². The van der Waals surface area contributed by atoms with Crippen LogP contribution in [0.5, 0.6) is 0 Å². The highest BCUT2D eigenvalue weighted by Crippen LogP contribution is 2.26. The number of nitrogens with zero attached hydrogens (tertiary/aromatic N) is 7. The lowest BCUT2D eigenvalue weighted by Gasteiger charge is -2.09. The van der Waals surface area contributed by atoms with E-state index in [-0.39, 0.29) is 33.0 Å². The molecular weight excluding hydrogens is 739 g/mol. The molecule has 0 aliphatic carbocycles. The highest BCUT2D eigenvalue weighted by atomic mass is 32.2. The molecule has 0 amide bonds. The Morgan fingerprint density at radius 3 is 1.49 bits per heavy atom. The van der Waals surface area contributed by atoms with Gasteiger partial charge in [-0.3, -0.25) is 12.2 Å². The maximum Gasteiger partial charge on any atom is 0.180 e. The third-order valence-electron chi connectivity index (χ3n) is 7.05. The minimum Gasteiger partial charge on any atom is -0.284 e. The van der Waals surface area contributed by atoms with Crippen LogP contribution in [0.3, 0.4) is 0 Å². The van der Waals surface area contributed by atoms with Gasteiger partial charge in [0, 0.05) is 42.0 Å². The third-order valence-corrected chi connectivity index (χ3v) is 12.1. The van der Waals surface area contributed by atoms with Crippen molar-refractivity contribution in [3.05, 3.63) is 63.5 Å². The first-order chi connectivity index (χ1) is 22.1. The molecule has 51 heavy (non-hydrogen) atoms. The second kappa shape index (κ2) is 24.3. The van der Waals surface area contributed by atoms with E-state index >= 15 is 0 Å². The van der Waals surface area contributed by atoms with E-state index in [1.807, 2.05) is 40.1 Å². The van der Waals surface area contributed by atoms with Crippen LogP contribution in [0.1, 0.15) is 146 Å². The fourth-order valence-corrected chi connectivity index (χ4v) is 9.05. The van der Waals surface area contributed by atoms with Crippen molar-refractivity contribution in [2.75, 3.05) is 25.0 Å². The Bertz CT molecular complexity index is 1710. The van der Waals surface area contributed by atoms with Gasteiger partial charge in [-0.2, -0.15) is 9.19 Å². The van der Waals surface area contributed by atoms with Crippen LogP contribution in [-0.4, -0.2) is 75.6 Å². The predicted octanol–water partition coefficient (Wildman–Crippen LogP) is 9.54. The SMILES string of the molecule is C.C.C.C=S(C)n1ccnc1C(C)C.Cc1c(C(C)C)ncn1S(C)=O.Cc1nn(S(C)=O)c(C)c1C(C)C.Cc1sc(S(C)=O)nc1C(C)C. The second-order valence-corrected chi connectivity index (χ2v) is 19.3. The Morgan fingerprint density at radius 2 is 1.24 bits per heavy atom. The molecule has 0 saturated carbocycles. The molecule has 4 rings (SSSR count). The van der Waals surface area contributed by atoms with Gasteiger partial charge in [0.05, 0.1) is 39.3 Å². The van der Waals surface area contributed by atoms with Crippen molar-refractivity contribution in [1.82, 2.24) is 32.1 Å². The van der Waals surface area contributed by atoms with E-state index in [9.17, 15) is 12.6 Å². The molecule has 0 saturated heterocycles. The molecule has 4 unspecified atom stereocenters. The smallest absolute Gasteiger partial charge is 0.180 e. The van der Waals surface area contributed by atoms with Crippen LogP contribution in [0.25, 0.3) is 0 Å². The van der Waals surface area contributed by atoms with Crippen molar-refractivity contribution in [2.24, 2.45) is 0 Å². The lowest BCUT2D eigenvalue weighted by molar-refractivity contribution is 0.673. The number of thiazole rings is 1. The van der Waals surface area contributed by atoms with Crippen molar-refractivity contribution in [3.63, 3.8) is 0 Å². The van der Waals surface area contributed by atoms with Gasteiger partial charge in [0.25, 0.3) is 0 Å². The number of aryl methyl sites for hydroxylation is 2. The Balaban J connectivity index is -0.000000592. The summed E-state index contributed by atoms with van der Waals surface area (Å²) < 4.78 is 39.6. The van der Waals surface area contributed by atoms with E-state index in [1.54, 1.807) is 33.2 Å². The summed E-state index contributed by atoms with van der Waals surface area (Å²) >= 11 is 1.54. The average Bonchev–Trinajstić information content (AvgIpc) is 3.74. The molecule has 0 aromatic carbocycles. The molecule has 0 aliphatic rings. The average molecular weight is 808 g/mol. The minimum atomic E-state index is -1.04. The Morgan fingerprint density at radius 1 is 0.706 bits per heavy atom. The molecule has 4 aromatic heterocycles. The summed E-state index contributed by atoms with van der Waals surface area (Å²) in [5.74, 6) is 6.86. The molecule has 0 aliphatic heterocycles. The van der Waals surface area contributed by atoms with Gasteiger partial charge in [-0.25, -0.2) is 23.4 Å². The van der Waals surface area contributed by atoms with Crippen LogP contribution in [0.15, 0.2) is 23.1 Å². The van der Waals surface area contributed by atoms with Gasteiger partial charge >= 0.3 is 0 Å². The lowest BCUT2D eigenvalue weighted by atomic mass is 10.0. The monoisotopic (exact) mass is 807 g/mol. The minimum absolute atomic E-state index is 0. The first-order valence-corrected chi connectivity index (χ1v) is 22.9. The molecule has 0 radical (unpaired) electrons. The Kier molecular flexibility index (Phi) is 25.4. The van der Waals surface area contributed by atoms with Gasteiger partial charge in [-0.15, -0.1) is 11.3 Å². The number of aromatic nitrogens is 7. The van der Waals surface area contributed by atoms with Gasteiger partial charge in [0.1, 0.15) is 34.1 Å². The zero-order valence-electron chi connectivity index (χ0n) is 31.6. The summed E-state index contributed by atoms with van der Waals surface area (Å²) in [6.07, 6.45) is 12.5. The fourth-order valence-electron chi connectivity index (χ4n) is 4.96. The van der Waals surface area contributed by atoms with Crippen molar-refractivity contribution in [3.8, 4) is 0 Å². The Hall–Kier alpha value is -2.07. The van der Waals surface area contributed by atoms with Gasteiger partial charge in [0.15, 0.2) is 4.34 Å². The zero-order chi connectivity index (χ0) is 37.2. The summed E-state index contributed by atoms with van der Waals surface area (Å²) in [6.45, 7) is 24.8. The molecule has 0 N–H and O–H groups in total. The second-order valence-electron chi connectivity index (χ2n) is 12.6. The fraction of sp³-hybridized carbons (Fsp3) is 0.639. The standard InChI is InChI=1S/C9H16N2OS.C8H14N2OS.C8H14N2S.C8H13NOS2.3CH4/c1-6(2)9-7(3)10-11(8(9)4)13(5)12;1-6(2)8-7(3)10(5-9-8)12(4)11;1-7(2)8-9-5-6-10(8)11(3)4;1-5(2)7-6(3)11-8(9-7)12(4)10;;;/h6H,1-5H3;5-6H,1-4H3;5-7H,3H2,1-2,4H3;5H,1-4H3;3*1H4. The molecule has 296 valence electrons. The van der Waals surface area contributed by atoms with E-state index in [0.717, 1.165) is 38.6 Å². The largest absolute Gasteiger partial charge is 0.284 e. The number of imidazole rings is 2. The van der Waals surface area contributed by atoms with Crippen molar-refractivity contribution >= 4 is 60.6 Å². The molecule has 4 atom stereocenters. The lowest BCUT2D eigenvalue weighted by Crippen LogP contribution is -2.06. The zero-order valence-corrected chi connectivity index (χ0v) is 35.7. The van der Waals surface area contributed by atoms with Gasteiger partial charge in [0.2, 0.25) is 0 Å². The predicted molar refractivity (Wildman–Crippen MR) is 232 cm³/mol. The van der Waals surface area contributed by atoms with E-state index in [4.69, 9.17) is 0 Å². The van der Waals surface area contributed by atoms with E-state index in [2.05, 4.69) is 91.5 Å². The van der Waals surface area contributed by atoms with E-state index in [0.29, 0.717) is 23.7 Å². The maximum atomic E-state index is 11.3. The van der Waals surface area contributed by atoms with Crippen LogP contribution >= 0.6 is 22.0 Å². The summed E-state index contributed by atoms with van der Waals surface area (Å²) in [5.41, 5.74) is 6.35. The van der Waals surface area contributed by atoms with Gasteiger partial charge in [-0.05, 0) is 57.3 Å². The van der Waals surface area contributed by atoms with Crippen LogP contribution < -0.4 is 0 Å². The summed E-state index contributed by atoms with van der Waals surface area (Å²) in [4.78, 5) is 14.0. The highest BCUT2D eigenvalue weighted by molar-refractivity contribution is 8.12. The van der Waals surface area contributed by atoms with Crippen molar-refractivity contribution in [2.45, 2.75) is 133 Å². The van der Waals surface area contributed by atoms with Gasteiger partial charge in [-0.1, -0.05) is 94.2 Å². The Labute approximate surface area is 325 Å². The molecule has 10 nitrogen and oxygen atoms in total. The van der Waals surface area contributed by atoms with Crippen LogP contribution in [0, 0.1) is 27.7 Å².